The van der Waals surface area contributed by atoms with Gasteiger partial charge in [0.25, 0.3) is 0 Å². The van der Waals surface area contributed by atoms with Crippen molar-refractivity contribution in [1.82, 2.24) is 9.88 Å². The summed E-state index contributed by atoms with van der Waals surface area (Å²) in [6.07, 6.45) is 1.69. The van der Waals surface area contributed by atoms with E-state index >= 15 is 4.39 Å². The number of methoxy groups -OCH3 is 1. The first kappa shape index (κ1) is 28.5. The van der Waals surface area contributed by atoms with Gasteiger partial charge in [-0.3, -0.25) is 9.78 Å². The van der Waals surface area contributed by atoms with Crippen molar-refractivity contribution in [3.8, 4) is 5.75 Å². The molecule has 2 aromatic carbocycles. The summed E-state index contributed by atoms with van der Waals surface area (Å²) in [6.45, 7) is 1.83. The fraction of sp³-hybridized carbons (Fsp3) is 0.429. The van der Waals surface area contributed by atoms with E-state index in [0.29, 0.717) is 66.9 Å². The highest BCUT2D eigenvalue weighted by Gasteiger charge is 2.41. The van der Waals surface area contributed by atoms with Crippen molar-refractivity contribution in [2.45, 2.75) is 43.2 Å². The lowest BCUT2D eigenvalue weighted by molar-refractivity contribution is -0.153. The van der Waals surface area contributed by atoms with Crippen LogP contribution in [-0.4, -0.2) is 53.5 Å². The van der Waals surface area contributed by atoms with Crippen LogP contribution in [0.25, 0.3) is 10.9 Å². The number of likely N-dealkylation sites (tertiary alicyclic amines) is 1. The highest BCUT2D eigenvalue weighted by Crippen LogP contribution is 2.42. The second-order valence-corrected chi connectivity index (χ2v) is 11.1. The number of alkyl halides is 1. The number of carboxylic acids is 1. The van der Waals surface area contributed by atoms with Gasteiger partial charge in [-0.05, 0) is 87.8 Å². The van der Waals surface area contributed by atoms with Crippen molar-refractivity contribution in [2.75, 3.05) is 32.5 Å². The van der Waals surface area contributed by atoms with Crippen molar-refractivity contribution in [3.63, 3.8) is 0 Å². The largest absolute Gasteiger partial charge is 0.497 e. The number of halogens is 4. The summed E-state index contributed by atoms with van der Waals surface area (Å²) in [5.74, 6) is -0.937. The average Bonchev–Trinajstić information content (AvgIpc) is 2.91. The van der Waals surface area contributed by atoms with Crippen LogP contribution in [0.3, 0.4) is 0 Å². The van der Waals surface area contributed by atoms with Crippen LogP contribution in [-0.2, 0) is 4.79 Å². The summed E-state index contributed by atoms with van der Waals surface area (Å²) in [5, 5.41) is 10.8. The molecule has 0 unspecified atom stereocenters. The molecular formula is C28H30ClF3N2O3S. The molecule has 1 aromatic heterocycles. The summed E-state index contributed by atoms with van der Waals surface area (Å²) < 4.78 is 48.5. The average molecular weight is 567 g/mol. The van der Waals surface area contributed by atoms with E-state index in [1.54, 1.807) is 18.2 Å². The molecule has 0 amide bonds. The van der Waals surface area contributed by atoms with Crippen molar-refractivity contribution < 1.29 is 27.8 Å². The summed E-state index contributed by atoms with van der Waals surface area (Å²) in [4.78, 5) is 18.8. The van der Waals surface area contributed by atoms with Crippen LogP contribution in [0.2, 0.25) is 5.02 Å². The number of carbonyl (C=O) groups is 1. The van der Waals surface area contributed by atoms with E-state index in [0.717, 1.165) is 11.8 Å². The fourth-order valence-corrected chi connectivity index (χ4v) is 6.18. The van der Waals surface area contributed by atoms with E-state index in [2.05, 4.69) is 9.88 Å². The second kappa shape index (κ2) is 12.6. The summed E-state index contributed by atoms with van der Waals surface area (Å²) in [6, 6.07) is 9.00. The predicted molar refractivity (Wildman–Crippen MR) is 144 cm³/mol. The highest BCUT2D eigenvalue weighted by molar-refractivity contribution is 7.99. The molecule has 1 saturated heterocycles. The molecule has 38 heavy (non-hydrogen) atoms. The van der Waals surface area contributed by atoms with E-state index < -0.39 is 29.2 Å². The number of benzene rings is 2. The zero-order valence-electron chi connectivity index (χ0n) is 21.1. The maximum atomic E-state index is 15.6. The molecule has 0 aliphatic carbocycles. The Hall–Kier alpha value is -2.49. The van der Waals surface area contributed by atoms with E-state index in [4.69, 9.17) is 16.3 Å². The normalized spacial score (nSPS) is 16.4. The molecule has 1 N–H and O–H groups in total. The maximum Gasteiger partial charge on any atom is 0.309 e. The SMILES string of the molecule is COc1ccc2ncc(Cl)c([C@H](F)CCC3(C(=O)O)CCN(CCCSc4c(F)cccc4F)CC3)c2c1. The van der Waals surface area contributed by atoms with Crippen LogP contribution < -0.4 is 4.74 Å². The van der Waals surface area contributed by atoms with Crippen LogP contribution in [0, 0.1) is 17.0 Å². The number of ether oxygens (including phenoxy) is 1. The van der Waals surface area contributed by atoms with E-state index in [9.17, 15) is 18.7 Å². The van der Waals surface area contributed by atoms with E-state index in [1.165, 1.54) is 31.5 Å². The van der Waals surface area contributed by atoms with Gasteiger partial charge in [-0.1, -0.05) is 17.7 Å². The first-order chi connectivity index (χ1) is 18.2. The summed E-state index contributed by atoms with van der Waals surface area (Å²) >= 11 is 7.48. The number of thioether (sulfide) groups is 1. The van der Waals surface area contributed by atoms with Gasteiger partial charge in [0.2, 0.25) is 0 Å². The number of hydrogen-bond donors (Lipinski definition) is 1. The molecule has 4 rings (SSSR count). The van der Waals surface area contributed by atoms with Gasteiger partial charge in [-0.15, -0.1) is 11.8 Å². The third-order valence-corrected chi connectivity index (χ3v) is 8.78. The molecule has 5 nitrogen and oxygen atoms in total. The van der Waals surface area contributed by atoms with Crippen LogP contribution in [0.1, 0.15) is 43.8 Å². The summed E-state index contributed by atoms with van der Waals surface area (Å²) in [5.41, 5.74) is -0.124. The number of fused-ring (bicyclic) bond motifs is 1. The number of hydrogen-bond acceptors (Lipinski definition) is 5. The minimum absolute atomic E-state index is 0.0210. The maximum absolute atomic E-state index is 15.6. The van der Waals surface area contributed by atoms with Crippen LogP contribution in [0.4, 0.5) is 13.2 Å². The lowest BCUT2D eigenvalue weighted by Gasteiger charge is -2.39. The van der Waals surface area contributed by atoms with Crippen molar-refractivity contribution >= 4 is 40.2 Å². The number of carboxylic acid groups (broad SMARTS) is 1. The van der Waals surface area contributed by atoms with E-state index in [1.807, 2.05) is 0 Å². The smallest absolute Gasteiger partial charge is 0.309 e. The third-order valence-electron chi connectivity index (χ3n) is 7.31. The quantitative estimate of drug-likeness (QED) is 0.194. The Labute approximate surface area is 229 Å². The van der Waals surface area contributed by atoms with Crippen LogP contribution in [0.15, 0.2) is 47.5 Å². The summed E-state index contributed by atoms with van der Waals surface area (Å²) in [7, 11) is 1.52. The molecule has 2 heterocycles. The number of nitrogens with zero attached hydrogens (tertiary/aromatic N) is 2. The zero-order chi connectivity index (χ0) is 27.3. The minimum atomic E-state index is -1.45. The van der Waals surface area contributed by atoms with Gasteiger partial charge >= 0.3 is 5.97 Å². The van der Waals surface area contributed by atoms with Crippen molar-refractivity contribution in [2.24, 2.45) is 5.41 Å². The molecule has 0 saturated carbocycles. The molecule has 1 aliphatic rings. The monoisotopic (exact) mass is 566 g/mol. The molecule has 1 aliphatic heterocycles. The van der Waals surface area contributed by atoms with Crippen molar-refractivity contribution in [3.05, 3.63) is 64.8 Å². The van der Waals surface area contributed by atoms with Gasteiger partial charge < -0.3 is 14.7 Å². The number of pyridine rings is 1. The molecule has 1 fully saturated rings. The first-order valence-electron chi connectivity index (χ1n) is 12.5. The lowest BCUT2D eigenvalue weighted by Crippen LogP contribution is -2.44. The molecular weight excluding hydrogens is 537 g/mol. The number of aromatic nitrogens is 1. The Balaban J connectivity index is 1.33. The van der Waals surface area contributed by atoms with Gasteiger partial charge in [0.05, 0.1) is 28.0 Å². The molecule has 3 aromatic rings. The Morgan fingerprint density at radius 1 is 1.24 bits per heavy atom. The third kappa shape index (κ3) is 6.38. The number of rotatable bonds is 11. The molecule has 0 spiro atoms. The Morgan fingerprint density at radius 3 is 2.61 bits per heavy atom. The fourth-order valence-electron chi connectivity index (χ4n) is 5.02. The predicted octanol–water partition coefficient (Wildman–Crippen LogP) is 7.32. The Morgan fingerprint density at radius 2 is 1.95 bits per heavy atom. The molecule has 0 radical (unpaired) electrons. The second-order valence-electron chi connectivity index (χ2n) is 9.59. The number of aliphatic carboxylic acids is 1. The van der Waals surface area contributed by atoms with Crippen molar-refractivity contribution in [1.29, 1.82) is 0 Å². The molecule has 1 atom stereocenters. The van der Waals surface area contributed by atoms with Gasteiger partial charge in [0.15, 0.2) is 0 Å². The molecule has 0 bridgehead atoms. The number of piperidine rings is 1. The Kier molecular flexibility index (Phi) is 9.44. The lowest BCUT2D eigenvalue weighted by atomic mass is 9.74. The van der Waals surface area contributed by atoms with Gasteiger partial charge in [0.1, 0.15) is 23.6 Å². The highest BCUT2D eigenvalue weighted by atomic mass is 35.5. The topological polar surface area (TPSA) is 62.7 Å². The van der Waals surface area contributed by atoms with Gasteiger partial charge in [-0.25, -0.2) is 13.2 Å². The standard InChI is InChI=1S/C28H30ClF3N2O3S/c1-37-18-6-7-24-19(16-18)25(20(29)17-33-24)21(30)8-9-28(27(35)36)10-13-34(14-11-28)12-3-15-38-26-22(31)4-2-5-23(26)32/h2,4-7,16-17,21H,3,8-15H2,1H3,(H,35,36)/t21-/m1/s1. The van der Waals surface area contributed by atoms with Gasteiger partial charge in [0, 0.05) is 17.1 Å². The minimum Gasteiger partial charge on any atom is -0.497 e. The molecule has 204 valence electrons. The zero-order valence-corrected chi connectivity index (χ0v) is 22.6. The van der Waals surface area contributed by atoms with E-state index in [-0.39, 0.29) is 22.8 Å². The van der Waals surface area contributed by atoms with Gasteiger partial charge in [-0.2, -0.15) is 0 Å². The Bertz CT molecular complexity index is 1270. The molecule has 10 heteroatoms. The van der Waals surface area contributed by atoms with Crippen LogP contribution >= 0.6 is 23.4 Å². The first-order valence-corrected chi connectivity index (χ1v) is 13.9. The van der Waals surface area contributed by atoms with Crippen LogP contribution in [0.5, 0.6) is 5.75 Å².